The van der Waals surface area contributed by atoms with Gasteiger partial charge in [0.15, 0.2) is 0 Å². The third-order valence-corrected chi connectivity index (χ3v) is 5.50. The lowest BCUT2D eigenvalue weighted by atomic mass is 9.73. The molecule has 1 aromatic carbocycles. The maximum absolute atomic E-state index is 12.1. The second-order valence-electron chi connectivity index (χ2n) is 7.02. The third-order valence-electron chi connectivity index (χ3n) is 5.50. The van der Waals surface area contributed by atoms with Crippen molar-refractivity contribution in [1.82, 2.24) is 9.88 Å². The van der Waals surface area contributed by atoms with Crippen LogP contribution in [0.3, 0.4) is 0 Å². The van der Waals surface area contributed by atoms with E-state index in [0.717, 1.165) is 23.4 Å². The van der Waals surface area contributed by atoms with E-state index in [0.29, 0.717) is 19.6 Å². The van der Waals surface area contributed by atoms with Crippen LogP contribution in [0.1, 0.15) is 29.7 Å². The number of aromatic nitrogens is 1. The Morgan fingerprint density at radius 3 is 2.92 bits per heavy atom. The van der Waals surface area contributed by atoms with Crippen molar-refractivity contribution in [3.05, 3.63) is 59.4 Å². The number of aliphatic carboxylic acids is 1. The van der Waals surface area contributed by atoms with Gasteiger partial charge in [-0.3, -0.25) is 14.7 Å². The average molecular weight is 338 g/mol. The minimum atomic E-state index is -0.877. The number of hydrogen-bond donors (Lipinski definition) is 1. The SMILES string of the molecule is CCc1ccc(CN2C[C@@H]3c4ccccc4OC[C@]3(C(=O)O)C2)nc1. The molecule has 0 saturated carbocycles. The van der Waals surface area contributed by atoms with E-state index in [4.69, 9.17) is 4.74 Å². The number of carboxylic acids is 1. The first-order valence-corrected chi connectivity index (χ1v) is 8.73. The Morgan fingerprint density at radius 1 is 1.36 bits per heavy atom. The number of carbonyl (C=O) groups is 1. The second-order valence-corrected chi connectivity index (χ2v) is 7.02. The number of carboxylic acid groups (broad SMARTS) is 1. The minimum absolute atomic E-state index is 0.0511. The van der Waals surface area contributed by atoms with E-state index in [9.17, 15) is 9.90 Å². The summed E-state index contributed by atoms with van der Waals surface area (Å²) >= 11 is 0. The number of aryl methyl sites for hydroxylation is 1. The van der Waals surface area contributed by atoms with Crippen LogP contribution in [-0.4, -0.2) is 40.7 Å². The maximum Gasteiger partial charge on any atom is 0.315 e. The molecule has 2 atom stereocenters. The van der Waals surface area contributed by atoms with Crippen molar-refractivity contribution in [2.75, 3.05) is 19.7 Å². The smallest absolute Gasteiger partial charge is 0.315 e. The third kappa shape index (κ3) is 2.68. The molecular formula is C20H22N2O3. The van der Waals surface area contributed by atoms with E-state index < -0.39 is 11.4 Å². The molecule has 5 nitrogen and oxygen atoms in total. The van der Waals surface area contributed by atoms with Gasteiger partial charge in [0.25, 0.3) is 0 Å². The number of fused-ring (bicyclic) bond motifs is 3. The topological polar surface area (TPSA) is 62.7 Å². The van der Waals surface area contributed by atoms with Gasteiger partial charge in [-0.05, 0) is 29.7 Å². The van der Waals surface area contributed by atoms with E-state index in [1.54, 1.807) is 0 Å². The number of pyridine rings is 1. The van der Waals surface area contributed by atoms with Gasteiger partial charge in [0.05, 0.1) is 5.69 Å². The molecule has 25 heavy (non-hydrogen) atoms. The Kier molecular flexibility index (Phi) is 3.96. The minimum Gasteiger partial charge on any atom is -0.492 e. The van der Waals surface area contributed by atoms with Crippen molar-refractivity contribution in [2.45, 2.75) is 25.8 Å². The first-order chi connectivity index (χ1) is 12.1. The van der Waals surface area contributed by atoms with E-state index in [2.05, 4.69) is 22.9 Å². The number of benzene rings is 1. The van der Waals surface area contributed by atoms with E-state index >= 15 is 0 Å². The lowest BCUT2D eigenvalue weighted by molar-refractivity contribution is -0.151. The first-order valence-electron chi connectivity index (χ1n) is 8.73. The predicted molar refractivity (Wildman–Crippen MR) is 93.6 cm³/mol. The molecule has 2 aliphatic rings. The van der Waals surface area contributed by atoms with Crippen LogP contribution in [-0.2, 0) is 17.8 Å². The molecule has 130 valence electrons. The van der Waals surface area contributed by atoms with Crippen LogP contribution < -0.4 is 4.74 Å². The highest BCUT2D eigenvalue weighted by molar-refractivity contribution is 5.78. The van der Waals surface area contributed by atoms with Crippen LogP contribution in [0.5, 0.6) is 5.75 Å². The molecule has 1 N–H and O–H groups in total. The number of ether oxygens (including phenoxy) is 1. The Bertz CT molecular complexity index is 790. The number of rotatable bonds is 4. The lowest BCUT2D eigenvalue weighted by Gasteiger charge is -2.35. The van der Waals surface area contributed by atoms with E-state index in [1.165, 1.54) is 5.56 Å². The Labute approximate surface area is 147 Å². The number of likely N-dealkylation sites (tertiary alicyclic amines) is 1. The fourth-order valence-corrected chi connectivity index (χ4v) is 4.04. The number of nitrogens with zero attached hydrogens (tertiary/aromatic N) is 2. The summed E-state index contributed by atoms with van der Waals surface area (Å²) in [5, 5.41) is 9.95. The van der Waals surface area contributed by atoms with Crippen molar-refractivity contribution in [1.29, 1.82) is 0 Å². The van der Waals surface area contributed by atoms with E-state index in [1.807, 2.05) is 36.5 Å². The summed E-state index contributed by atoms with van der Waals surface area (Å²) in [6.45, 7) is 4.19. The van der Waals surface area contributed by atoms with Crippen LogP contribution in [0.2, 0.25) is 0 Å². The maximum atomic E-state index is 12.1. The molecule has 0 amide bonds. The Morgan fingerprint density at radius 2 is 2.20 bits per heavy atom. The summed E-state index contributed by atoms with van der Waals surface area (Å²) in [4.78, 5) is 18.8. The monoisotopic (exact) mass is 338 g/mol. The number of hydrogen-bond acceptors (Lipinski definition) is 4. The molecule has 4 rings (SSSR count). The largest absolute Gasteiger partial charge is 0.492 e. The highest BCUT2D eigenvalue weighted by Crippen LogP contribution is 2.49. The number of para-hydroxylation sites is 1. The van der Waals surface area contributed by atoms with Gasteiger partial charge in [-0.25, -0.2) is 0 Å². The van der Waals surface area contributed by atoms with E-state index in [-0.39, 0.29) is 12.5 Å². The molecule has 2 aromatic rings. The summed E-state index contributed by atoms with van der Waals surface area (Å²) in [6, 6.07) is 11.9. The van der Waals surface area contributed by atoms with Gasteiger partial charge >= 0.3 is 5.97 Å². The average Bonchev–Trinajstić information content (AvgIpc) is 3.02. The fourth-order valence-electron chi connectivity index (χ4n) is 4.04. The zero-order valence-electron chi connectivity index (χ0n) is 14.3. The summed E-state index contributed by atoms with van der Waals surface area (Å²) in [5.74, 6) is -0.00898. The fraction of sp³-hybridized carbons (Fsp3) is 0.400. The van der Waals surface area contributed by atoms with Gasteiger partial charge in [-0.1, -0.05) is 31.2 Å². The first kappa shape index (κ1) is 16.1. The van der Waals surface area contributed by atoms with Crippen molar-refractivity contribution < 1.29 is 14.6 Å². The summed E-state index contributed by atoms with van der Waals surface area (Å²) in [6.07, 6.45) is 2.87. The van der Waals surface area contributed by atoms with Gasteiger partial charge in [0, 0.05) is 31.7 Å². The summed E-state index contributed by atoms with van der Waals surface area (Å²) in [7, 11) is 0. The van der Waals surface area contributed by atoms with Crippen LogP contribution in [0.25, 0.3) is 0 Å². The van der Waals surface area contributed by atoms with Gasteiger partial charge in [-0.2, -0.15) is 0 Å². The molecular weight excluding hydrogens is 316 g/mol. The van der Waals surface area contributed by atoms with Gasteiger partial charge in [-0.15, -0.1) is 0 Å². The van der Waals surface area contributed by atoms with Gasteiger partial charge in [0.1, 0.15) is 17.8 Å². The van der Waals surface area contributed by atoms with Gasteiger partial charge < -0.3 is 9.84 Å². The second kappa shape index (κ2) is 6.15. The standard InChI is InChI=1S/C20H22N2O3/c1-2-14-7-8-15(21-9-14)10-22-11-17-16-5-3-4-6-18(16)25-13-20(17,12-22)19(23)24/h3-9,17H,2,10-13H2,1H3,(H,23,24)/t17-,20-/m1/s1. The molecule has 1 aromatic heterocycles. The van der Waals surface area contributed by atoms with Gasteiger partial charge in [0.2, 0.25) is 0 Å². The zero-order valence-corrected chi connectivity index (χ0v) is 14.3. The predicted octanol–water partition coefficient (Wildman–Crippen LogP) is 2.71. The molecule has 1 saturated heterocycles. The Balaban J connectivity index is 1.60. The molecule has 0 aliphatic carbocycles. The summed E-state index contributed by atoms with van der Waals surface area (Å²) in [5.41, 5.74) is 2.32. The lowest BCUT2D eigenvalue weighted by Crippen LogP contribution is -2.45. The van der Waals surface area contributed by atoms with Crippen molar-refractivity contribution in [3.63, 3.8) is 0 Å². The quantitative estimate of drug-likeness (QED) is 0.929. The molecule has 5 heteroatoms. The summed E-state index contributed by atoms with van der Waals surface area (Å²) < 4.78 is 5.81. The molecule has 0 spiro atoms. The Hall–Kier alpha value is -2.40. The molecule has 1 fully saturated rings. The van der Waals surface area contributed by atoms with Crippen LogP contribution in [0.4, 0.5) is 0 Å². The molecule has 0 radical (unpaired) electrons. The molecule has 2 aliphatic heterocycles. The normalized spacial score (nSPS) is 25.1. The van der Waals surface area contributed by atoms with Crippen molar-refractivity contribution >= 4 is 5.97 Å². The van der Waals surface area contributed by atoms with Crippen molar-refractivity contribution in [3.8, 4) is 5.75 Å². The van der Waals surface area contributed by atoms with Crippen LogP contribution in [0, 0.1) is 5.41 Å². The molecule has 3 heterocycles. The van der Waals surface area contributed by atoms with Crippen LogP contribution >= 0.6 is 0 Å². The van der Waals surface area contributed by atoms with Crippen LogP contribution in [0.15, 0.2) is 42.6 Å². The zero-order chi connectivity index (χ0) is 17.4. The molecule has 0 unspecified atom stereocenters. The highest BCUT2D eigenvalue weighted by atomic mass is 16.5. The highest BCUT2D eigenvalue weighted by Gasteiger charge is 2.56. The molecule has 0 bridgehead atoms. The van der Waals surface area contributed by atoms with Crippen molar-refractivity contribution in [2.24, 2.45) is 5.41 Å².